The van der Waals surface area contributed by atoms with Crippen molar-refractivity contribution in [2.45, 2.75) is 32.4 Å². The predicted octanol–water partition coefficient (Wildman–Crippen LogP) is 1.30. The number of morpholine rings is 1. The highest BCUT2D eigenvalue weighted by molar-refractivity contribution is 5.31. The second-order valence-corrected chi connectivity index (χ2v) is 5.54. The van der Waals surface area contributed by atoms with Crippen LogP contribution >= 0.6 is 0 Å². The third-order valence-electron chi connectivity index (χ3n) is 3.94. The Kier molecular flexibility index (Phi) is 5.14. The van der Waals surface area contributed by atoms with Gasteiger partial charge in [0, 0.05) is 32.3 Å². The number of nitrogens with zero attached hydrogens (tertiary/aromatic N) is 5. The summed E-state index contributed by atoms with van der Waals surface area (Å²) in [6.07, 6.45) is 2.50. The lowest BCUT2D eigenvalue weighted by Gasteiger charge is -2.35. The summed E-state index contributed by atoms with van der Waals surface area (Å²) in [7, 11) is 0. The average Bonchev–Trinajstić information content (AvgIpc) is 3.10. The Bertz CT molecular complexity index is 605. The summed E-state index contributed by atoms with van der Waals surface area (Å²) in [6, 6.07) is 3.83. The maximum Gasteiger partial charge on any atom is 0.233 e. The Morgan fingerprint density at radius 2 is 2.30 bits per heavy atom. The van der Waals surface area contributed by atoms with Crippen molar-refractivity contribution in [2.24, 2.45) is 0 Å². The molecule has 23 heavy (non-hydrogen) atoms. The second-order valence-electron chi connectivity index (χ2n) is 5.54. The number of hydrogen-bond donors (Lipinski definition) is 1. The third-order valence-corrected chi connectivity index (χ3v) is 3.94. The molecule has 1 saturated heterocycles. The zero-order valence-electron chi connectivity index (χ0n) is 13.5. The van der Waals surface area contributed by atoms with E-state index in [1.54, 1.807) is 6.20 Å². The van der Waals surface area contributed by atoms with Gasteiger partial charge in [-0.05, 0) is 19.1 Å². The molecule has 1 aliphatic rings. The van der Waals surface area contributed by atoms with E-state index in [0.717, 1.165) is 25.3 Å². The minimum absolute atomic E-state index is 0.0850. The Morgan fingerprint density at radius 3 is 3.04 bits per heavy atom. The lowest BCUT2D eigenvalue weighted by Crippen LogP contribution is -2.46. The second kappa shape index (κ2) is 7.47. The predicted molar refractivity (Wildman–Crippen MR) is 83.9 cm³/mol. The fraction of sp³-hybridized carbons (Fsp3) is 0.600. The van der Waals surface area contributed by atoms with Gasteiger partial charge in [0.05, 0.1) is 18.8 Å². The maximum atomic E-state index is 5.82. The van der Waals surface area contributed by atoms with Crippen LogP contribution in [-0.2, 0) is 11.2 Å². The Labute approximate surface area is 135 Å². The quantitative estimate of drug-likeness (QED) is 0.852. The number of nitrogens with one attached hydrogen (secondary N) is 1. The Morgan fingerprint density at radius 1 is 1.39 bits per heavy atom. The maximum absolute atomic E-state index is 5.82. The molecule has 8 nitrogen and oxygen atoms in total. The smallest absolute Gasteiger partial charge is 0.233 e. The molecule has 1 aliphatic heterocycles. The topological polar surface area (TPSA) is 89.2 Å². The van der Waals surface area contributed by atoms with Gasteiger partial charge in [0.1, 0.15) is 5.82 Å². The molecule has 2 aromatic heterocycles. The largest absolute Gasteiger partial charge is 0.424 e. The molecule has 0 radical (unpaired) electrons. The summed E-state index contributed by atoms with van der Waals surface area (Å²) in [5.74, 6) is 2.11. The van der Waals surface area contributed by atoms with Crippen molar-refractivity contribution in [3.8, 4) is 0 Å². The van der Waals surface area contributed by atoms with Gasteiger partial charge in [-0.2, -0.15) is 5.10 Å². The molecule has 0 aliphatic carbocycles. The average molecular weight is 318 g/mol. The minimum Gasteiger partial charge on any atom is -0.424 e. The number of rotatable bonds is 6. The van der Waals surface area contributed by atoms with Crippen LogP contribution < -0.4 is 5.32 Å². The van der Waals surface area contributed by atoms with Gasteiger partial charge in [-0.25, -0.2) is 0 Å². The molecule has 2 atom stereocenters. The molecule has 2 aromatic rings. The van der Waals surface area contributed by atoms with Crippen LogP contribution in [0, 0.1) is 0 Å². The van der Waals surface area contributed by atoms with Crippen LogP contribution in [0.2, 0.25) is 0 Å². The van der Waals surface area contributed by atoms with E-state index in [1.165, 1.54) is 0 Å². The minimum atomic E-state index is 0.0850. The number of aryl methyl sites for hydroxylation is 1. The van der Waals surface area contributed by atoms with Crippen molar-refractivity contribution in [3.63, 3.8) is 0 Å². The normalized spacial score (nSPS) is 20.3. The van der Waals surface area contributed by atoms with Crippen molar-refractivity contribution in [3.05, 3.63) is 30.1 Å². The number of anilines is 1. The molecule has 0 saturated carbocycles. The molecular formula is C15H22N6O2. The van der Waals surface area contributed by atoms with Crippen LogP contribution in [-0.4, -0.2) is 57.6 Å². The van der Waals surface area contributed by atoms with Crippen LogP contribution in [0.15, 0.2) is 22.7 Å². The van der Waals surface area contributed by atoms with Gasteiger partial charge in [-0.15, -0.1) is 15.3 Å². The molecule has 124 valence electrons. The molecule has 1 fully saturated rings. The molecule has 0 spiro atoms. The van der Waals surface area contributed by atoms with E-state index in [1.807, 2.05) is 19.1 Å². The van der Waals surface area contributed by atoms with E-state index < -0.39 is 0 Å². The lowest BCUT2D eigenvalue weighted by atomic mass is 10.2. The van der Waals surface area contributed by atoms with Gasteiger partial charge < -0.3 is 14.5 Å². The summed E-state index contributed by atoms with van der Waals surface area (Å²) in [6.45, 7) is 7.12. The molecule has 0 unspecified atom stereocenters. The molecule has 0 bridgehead atoms. The first-order valence-electron chi connectivity index (χ1n) is 7.95. The van der Waals surface area contributed by atoms with E-state index in [4.69, 9.17) is 9.15 Å². The Balaban J connectivity index is 1.55. The van der Waals surface area contributed by atoms with Crippen molar-refractivity contribution in [1.82, 2.24) is 25.3 Å². The number of ether oxygens (including phenoxy) is 1. The highest BCUT2D eigenvalue weighted by atomic mass is 16.5. The SMILES string of the molecule is CCc1nnc([C@H](C)N2CCO[C@H](CNc3cccnn3)C2)o1. The van der Waals surface area contributed by atoms with Gasteiger partial charge in [0.25, 0.3) is 0 Å². The van der Waals surface area contributed by atoms with E-state index in [9.17, 15) is 0 Å². The fourth-order valence-electron chi connectivity index (χ4n) is 2.57. The fourth-order valence-corrected chi connectivity index (χ4v) is 2.57. The van der Waals surface area contributed by atoms with Crippen LogP contribution in [0.25, 0.3) is 0 Å². The zero-order chi connectivity index (χ0) is 16.1. The molecule has 0 aromatic carbocycles. The summed E-state index contributed by atoms with van der Waals surface area (Å²) in [4.78, 5) is 2.31. The first-order chi connectivity index (χ1) is 11.3. The first-order valence-corrected chi connectivity index (χ1v) is 7.95. The molecular weight excluding hydrogens is 296 g/mol. The van der Waals surface area contributed by atoms with Gasteiger partial charge in [-0.3, -0.25) is 4.90 Å². The molecule has 3 heterocycles. The van der Waals surface area contributed by atoms with Crippen molar-refractivity contribution in [1.29, 1.82) is 0 Å². The van der Waals surface area contributed by atoms with Crippen molar-refractivity contribution in [2.75, 3.05) is 31.6 Å². The third kappa shape index (κ3) is 4.02. The molecule has 0 amide bonds. The summed E-state index contributed by atoms with van der Waals surface area (Å²) in [5.41, 5.74) is 0. The van der Waals surface area contributed by atoms with Crippen molar-refractivity contribution >= 4 is 5.82 Å². The lowest BCUT2D eigenvalue weighted by molar-refractivity contribution is -0.0381. The van der Waals surface area contributed by atoms with Crippen LogP contribution in [0.4, 0.5) is 5.82 Å². The summed E-state index contributed by atoms with van der Waals surface area (Å²) < 4.78 is 11.5. The van der Waals surface area contributed by atoms with Crippen LogP contribution in [0.3, 0.4) is 0 Å². The number of aromatic nitrogens is 4. The van der Waals surface area contributed by atoms with E-state index in [0.29, 0.717) is 24.9 Å². The van der Waals surface area contributed by atoms with Crippen LogP contribution in [0.1, 0.15) is 31.7 Å². The van der Waals surface area contributed by atoms with Gasteiger partial charge in [0.2, 0.25) is 11.8 Å². The molecule has 8 heteroatoms. The van der Waals surface area contributed by atoms with Gasteiger partial charge in [-0.1, -0.05) is 6.92 Å². The molecule has 1 N–H and O–H groups in total. The van der Waals surface area contributed by atoms with Crippen LogP contribution in [0.5, 0.6) is 0 Å². The number of hydrogen-bond acceptors (Lipinski definition) is 8. The van der Waals surface area contributed by atoms with Crippen molar-refractivity contribution < 1.29 is 9.15 Å². The van der Waals surface area contributed by atoms with E-state index >= 15 is 0 Å². The standard InChI is InChI=1S/C15H22N6O2/c1-3-14-19-20-15(23-14)11(2)21-7-8-22-12(10-21)9-16-13-5-4-6-17-18-13/h4-6,11-12H,3,7-10H2,1-2H3,(H,16,18)/t11-,12+/m0/s1. The monoisotopic (exact) mass is 318 g/mol. The van der Waals surface area contributed by atoms with E-state index in [2.05, 4.69) is 37.5 Å². The first kappa shape index (κ1) is 15.8. The Hall–Kier alpha value is -2.06. The molecule has 3 rings (SSSR count). The van der Waals surface area contributed by atoms with Gasteiger partial charge in [0.15, 0.2) is 0 Å². The van der Waals surface area contributed by atoms with E-state index in [-0.39, 0.29) is 12.1 Å². The van der Waals surface area contributed by atoms with Gasteiger partial charge >= 0.3 is 0 Å². The highest BCUT2D eigenvalue weighted by Crippen LogP contribution is 2.21. The summed E-state index contributed by atoms with van der Waals surface area (Å²) >= 11 is 0. The summed E-state index contributed by atoms with van der Waals surface area (Å²) in [5, 5.41) is 19.3. The highest BCUT2D eigenvalue weighted by Gasteiger charge is 2.27. The zero-order valence-corrected chi connectivity index (χ0v) is 13.5.